The van der Waals surface area contributed by atoms with E-state index in [2.05, 4.69) is 129 Å². The maximum absolute atomic E-state index is 7.00. The molecule has 0 bridgehead atoms. The van der Waals surface area contributed by atoms with Gasteiger partial charge in [0.2, 0.25) is 0 Å². The molecule has 0 heterocycles. The molecule has 4 nitrogen and oxygen atoms in total. The molecule has 0 saturated carbocycles. The van der Waals surface area contributed by atoms with Crippen molar-refractivity contribution >= 4 is 27.8 Å². The molecule has 0 fully saturated rings. The Kier molecular flexibility index (Phi) is 10.4. The first-order chi connectivity index (χ1) is 18.1. The molecule has 0 aliphatic rings. The predicted octanol–water partition coefficient (Wildman–Crippen LogP) is 7.91. The number of nitrogens with zero attached hydrogens (tertiary/aromatic N) is 2. The highest BCUT2D eigenvalue weighted by Crippen LogP contribution is 2.42. The van der Waals surface area contributed by atoms with Crippen LogP contribution in [0.3, 0.4) is 0 Å². The minimum atomic E-state index is 0.891. The van der Waals surface area contributed by atoms with Crippen molar-refractivity contribution in [3.05, 3.63) is 78.9 Å². The summed E-state index contributed by atoms with van der Waals surface area (Å²) in [6, 6.07) is 29.3. The van der Waals surface area contributed by atoms with Crippen LogP contribution in [-0.4, -0.2) is 44.9 Å². The molecule has 4 rings (SSSR count). The van der Waals surface area contributed by atoms with E-state index < -0.39 is 0 Å². The van der Waals surface area contributed by atoms with E-state index in [0.29, 0.717) is 0 Å². The van der Waals surface area contributed by atoms with Crippen LogP contribution in [0.15, 0.2) is 78.9 Å². The number of fused-ring (bicyclic) bond motifs is 1. The molecule has 0 aromatic heterocycles. The molecule has 0 aliphatic carbocycles. The molecule has 4 aromatic rings. The van der Waals surface area contributed by atoms with Gasteiger partial charge in [0.15, 0.2) is 0 Å². The fourth-order valence-corrected chi connectivity index (χ4v) is 5.12. The lowest BCUT2D eigenvalue weighted by Gasteiger charge is -2.23. The normalized spacial score (nSPS) is 10.6. The van der Waals surface area contributed by atoms with E-state index in [1.165, 1.54) is 50.1 Å². The van der Waals surface area contributed by atoms with Crippen molar-refractivity contribution < 1.29 is 5.11 Å². The molecule has 4 aromatic carbocycles. The lowest BCUT2D eigenvalue weighted by atomic mass is 9.88. The Bertz CT molecular complexity index is 1240. The third kappa shape index (κ3) is 6.08. The van der Waals surface area contributed by atoms with Gasteiger partial charge < -0.3 is 20.2 Å². The van der Waals surface area contributed by atoms with Crippen LogP contribution in [0.4, 0.5) is 17.1 Å². The van der Waals surface area contributed by atoms with Crippen LogP contribution in [0.25, 0.3) is 33.0 Å². The van der Waals surface area contributed by atoms with Crippen molar-refractivity contribution in [3.63, 3.8) is 0 Å². The number of benzene rings is 4. The first kappa shape index (κ1) is 28.1. The van der Waals surface area contributed by atoms with E-state index in [-0.39, 0.29) is 0 Å². The van der Waals surface area contributed by atoms with Crippen LogP contribution in [0, 0.1) is 0 Å². The number of aliphatic hydroxyl groups is 1. The van der Waals surface area contributed by atoms with Gasteiger partial charge in [0.1, 0.15) is 0 Å². The summed E-state index contributed by atoms with van der Waals surface area (Å²) in [7, 11) is 1.00. The van der Waals surface area contributed by atoms with Crippen molar-refractivity contribution in [1.82, 2.24) is 0 Å². The molecule has 0 unspecified atom stereocenters. The van der Waals surface area contributed by atoms with Gasteiger partial charge in [-0.25, -0.2) is 0 Å². The third-order valence-electron chi connectivity index (χ3n) is 7.00. The lowest BCUT2D eigenvalue weighted by molar-refractivity contribution is 0.399. The van der Waals surface area contributed by atoms with E-state index in [9.17, 15) is 0 Å². The van der Waals surface area contributed by atoms with Crippen LogP contribution in [-0.2, 0) is 0 Å². The van der Waals surface area contributed by atoms with Crippen molar-refractivity contribution in [2.24, 2.45) is 0 Å². The molecule has 196 valence electrons. The summed E-state index contributed by atoms with van der Waals surface area (Å²) in [5, 5.41) is 13.2. The van der Waals surface area contributed by atoms with Crippen LogP contribution >= 0.6 is 0 Å². The molecule has 4 heteroatoms. The van der Waals surface area contributed by atoms with Gasteiger partial charge in [-0.15, -0.1) is 0 Å². The summed E-state index contributed by atoms with van der Waals surface area (Å²) in [4.78, 5) is 4.78. The number of anilines is 3. The second-order valence-electron chi connectivity index (χ2n) is 8.86. The minimum absolute atomic E-state index is 0.891. The molecule has 0 amide bonds. The molecule has 0 aliphatic heterocycles. The first-order valence-corrected chi connectivity index (χ1v) is 13.6. The summed E-state index contributed by atoms with van der Waals surface area (Å²) in [6.45, 7) is 16.0. The molecule has 2 N–H and O–H groups in total. The van der Waals surface area contributed by atoms with Gasteiger partial charge in [-0.3, -0.25) is 0 Å². The van der Waals surface area contributed by atoms with Crippen LogP contribution in [0.1, 0.15) is 34.6 Å². The SMILES string of the molecule is CCNc1cc(-c2ccc(N(CC)CC)cc2)c(-c2ccc(N(CC)CC)cc2)c2ccccc12.CO. The molecular weight excluding hydrogens is 454 g/mol. The van der Waals surface area contributed by atoms with Gasteiger partial charge in [-0.05, 0) is 92.6 Å². The topological polar surface area (TPSA) is 38.7 Å². The molecule has 0 atom stereocenters. The Morgan fingerprint density at radius 2 is 1.05 bits per heavy atom. The zero-order valence-corrected chi connectivity index (χ0v) is 23.4. The fraction of sp³-hybridized carbons (Fsp3) is 0.333. The van der Waals surface area contributed by atoms with Crippen LogP contribution in [0.5, 0.6) is 0 Å². The van der Waals surface area contributed by atoms with Crippen LogP contribution in [0.2, 0.25) is 0 Å². The number of aliphatic hydroxyl groups excluding tert-OH is 1. The summed E-state index contributed by atoms with van der Waals surface area (Å²) >= 11 is 0. The Hall–Kier alpha value is -3.50. The maximum Gasteiger partial charge on any atom is 0.0426 e. The zero-order chi connectivity index (χ0) is 26.8. The van der Waals surface area contributed by atoms with E-state index in [0.717, 1.165) is 39.8 Å². The van der Waals surface area contributed by atoms with E-state index in [4.69, 9.17) is 5.11 Å². The molecule has 0 saturated heterocycles. The van der Waals surface area contributed by atoms with Crippen molar-refractivity contribution in [3.8, 4) is 22.3 Å². The molecular formula is C33H43N3O. The highest BCUT2D eigenvalue weighted by molar-refractivity contribution is 6.09. The van der Waals surface area contributed by atoms with Gasteiger partial charge >= 0.3 is 0 Å². The number of hydrogen-bond acceptors (Lipinski definition) is 4. The Morgan fingerprint density at radius 1 is 0.595 bits per heavy atom. The Morgan fingerprint density at radius 3 is 1.51 bits per heavy atom. The second-order valence-corrected chi connectivity index (χ2v) is 8.86. The highest BCUT2D eigenvalue weighted by atomic mass is 16.2. The smallest absolute Gasteiger partial charge is 0.0426 e. The average Bonchev–Trinajstić information content (AvgIpc) is 2.96. The average molecular weight is 498 g/mol. The van der Waals surface area contributed by atoms with Crippen molar-refractivity contribution in [2.45, 2.75) is 34.6 Å². The summed E-state index contributed by atoms with van der Waals surface area (Å²) in [5.74, 6) is 0. The Balaban J connectivity index is 0.00000186. The summed E-state index contributed by atoms with van der Waals surface area (Å²) in [5.41, 5.74) is 8.80. The minimum Gasteiger partial charge on any atom is -0.400 e. The zero-order valence-electron chi connectivity index (χ0n) is 23.4. The predicted molar refractivity (Wildman–Crippen MR) is 164 cm³/mol. The highest BCUT2D eigenvalue weighted by Gasteiger charge is 2.16. The number of hydrogen-bond donors (Lipinski definition) is 2. The molecule has 0 radical (unpaired) electrons. The number of rotatable bonds is 10. The first-order valence-electron chi connectivity index (χ1n) is 13.6. The largest absolute Gasteiger partial charge is 0.400 e. The third-order valence-corrected chi connectivity index (χ3v) is 7.00. The van der Waals surface area contributed by atoms with Crippen LogP contribution < -0.4 is 15.1 Å². The number of nitrogens with one attached hydrogen (secondary N) is 1. The van der Waals surface area contributed by atoms with Gasteiger partial charge in [-0.2, -0.15) is 0 Å². The van der Waals surface area contributed by atoms with Gasteiger partial charge in [-0.1, -0.05) is 48.5 Å². The molecule has 0 spiro atoms. The van der Waals surface area contributed by atoms with Gasteiger partial charge in [0.05, 0.1) is 0 Å². The monoisotopic (exact) mass is 497 g/mol. The summed E-state index contributed by atoms with van der Waals surface area (Å²) < 4.78 is 0. The van der Waals surface area contributed by atoms with Crippen molar-refractivity contribution in [2.75, 3.05) is 55.0 Å². The van der Waals surface area contributed by atoms with E-state index in [1.54, 1.807) is 0 Å². The summed E-state index contributed by atoms with van der Waals surface area (Å²) in [6.07, 6.45) is 0. The second kappa shape index (κ2) is 13.7. The molecule has 37 heavy (non-hydrogen) atoms. The van der Waals surface area contributed by atoms with E-state index >= 15 is 0 Å². The lowest BCUT2D eigenvalue weighted by Crippen LogP contribution is -2.21. The van der Waals surface area contributed by atoms with E-state index in [1.807, 2.05) is 0 Å². The quantitative estimate of drug-likeness (QED) is 0.233. The fourth-order valence-electron chi connectivity index (χ4n) is 5.12. The standard InChI is InChI=1S/C32H39N3.CH4O/c1-6-33-31-23-30(24-15-19-26(20-16-24)34(7-2)8-3)32(29-14-12-11-13-28(29)31)25-17-21-27(22-18-25)35(9-4)10-5;1-2/h11-23,33H,6-10H2,1-5H3;2H,1H3. The van der Waals surface area contributed by atoms with Crippen molar-refractivity contribution in [1.29, 1.82) is 0 Å². The maximum atomic E-state index is 7.00. The van der Waals surface area contributed by atoms with Gasteiger partial charge in [0, 0.05) is 62.3 Å². The van der Waals surface area contributed by atoms with Gasteiger partial charge in [0.25, 0.3) is 0 Å². The Labute approximate surface area is 223 Å².